The molecule has 0 saturated carbocycles. The number of hydrogen-bond acceptors (Lipinski definition) is 2. The van der Waals surface area contributed by atoms with Gasteiger partial charge in [-0.1, -0.05) is 12.2 Å². The van der Waals surface area contributed by atoms with Crippen LogP contribution in [0.15, 0.2) is 12.2 Å². The standard InChI is InChI=1S/C9H14O2/c1-7(10)8-5-3-2-4-6-9(8)11/h2-3,8-9,11H,4-6H2,1H3. The fraction of sp³-hybridized carbons (Fsp3) is 0.667. The molecule has 0 aromatic rings. The van der Waals surface area contributed by atoms with E-state index in [0.717, 1.165) is 12.8 Å². The number of aliphatic hydroxyl groups is 1. The van der Waals surface area contributed by atoms with E-state index in [1.165, 1.54) is 0 Å². The van der Waals surface area contributed by atoms with Crippen molar-refractivity contribution in [2.75, 3.05) is 0 Å². The summed E-state index contributed by atoms with van der Waals surface area (Å²) in [6.07, 6.45) is 5.92. The average Bonchev–Trinajstić information content (AvgIpc) is 2.13. The number of rotatable bonds is 1. The lowest BCUT2D eigenvalue weighted by atomic mass is 9.94. The molecule has 0 heterocycles. The summed E-state index contributed by atoms with van der Waals surface area (Å²) in [5, 5.41) is 9.46. The van der Waals surface area contributed by atoms with Gasteiger partial charge >= 0.3 is 0 Å². The molecule has 11 heavy (non-hydrogen) atoms. The fourth-order valence-corrected chi connectivity index (χ4v) is 1.42. The maximum atomic E-state index is 11.0. The number of carbonyl (C=O) groups is 1. The van der Waals surface area contributed by atoms with E-state index >= 15 is 0 Å². The summed E-state index contributed by atoms with van der Waals surface area (Å²) in [4.78, 5) is 11.0. The third-order valence-electron chi connectivity index (χ3n) is 2.17. The Morgan fingerprint density at radius 2 is 2.27 bits per heavy atom. The summed E-state index contributed by atoms with van der Waals surface area (Å²) in [5.74, 6) is -0.0576. The number of carbonyl (C=O) groups excluding carboxylic acids is 1. The van der Waals surface area contributed by atoms with Crippen LogP contribution in [0.3, 0.4) is 0 Å². The quantitative estimate of drug-likeness (QED) is 0.578. The van der Waals surface area contributed by atoms with Gasteiger partial charge in [0.2, 0.25) is 0 Å². The van der Waals surface area contributed by atoms with E-state index in [4.69, 9.17) is 0 Å². The van der Waals surface area contributed by atoms with Crippen LogP contribution in [-0.4, -0.2) is 17.0 Å². The predicted molar refractivity (Wildman–Crippen MR) is 43.2 cm³/mol. The average molecular weight is 154 g/mol. The van der Waals surface area contributed by atoms with Crippen molar-refractivity contribution < 1.29 is 9.90 Å². The van der Waals surface area contributed by atoms with Crippen molar-refractivity contribution in [1.82, 2.24) is 0 Å². The first kappa shape index (κ1) is 8.47. The van der Waals surface area contributed by atoms with Crippen LogP contribution < -0.4 is 0 Å². The van der Waals surface area contributed by atoms with Crippen molar-refractivity contribution in [3.63, 3.8) is 0 Å². The van der Waals surface area contributed by atoms with Crippen LogP contribution >= 0.6 is 0 Å². The number of ketones is 1. The van der Waals surface area contributed by atoms with Crippen LogP contribution in [0.5, 0.6) is 0 Å². The zero-order valence-electron chi connectivity index (χ0n) is 6.79. The molecule has 1 aliphatic carbocycles. The Hall–Kier alpha value is -0.630. The van der Waals surface area contributed by atoms with E-state index in [1.54, 1.807) is 6.92 Å². The largest absolute Gasteiger partial charge is 0.392 e. The highest BCUT2D eigenvalue weighted by atomic mass is 16.3. The number of aliphatic hydroxyl groups excluding tert-OH is 1. The highest BCUT2D eigenvalue weighted by molar-refractivity contribution is 5.79. The molecule has 0 aromatic carbocycles. The van der Waals surface area contributed by atoms with E-state index in [9.17, 15) is 9.90 Å². The molecule has 2 heteroatoms. The first-order valence-corrected chi connectivity index (χ1v) is 4.05. The molecule has 1 N–H and O–H groups in total. The summed E-state index contributed by atoms with van der Waals surface area (Å²) in [7, 11) is 0. The van der Waals surface area contributed by atoms with Crippen LogP contribution in [-0.2, 0) is 4.79 Å². The first-order chi connectivity index (χ1) is 5.22. The van der Waals surface area contributed by atoms with Gasteiger partial charge < -0.3 is 5.11 Å². The van der Waals surface area contributed by atoms with Gasteiger partial charge in [-0.15, -0.1) is 0 Å². The van der Waals surface area contributed by atoms with Crippen LogP contribution in [0.25, 0.3) is 0 Å². The minimum Gasteiger partial charge on any atom is -0.392 e. The molecule has 1 aliphatic rings. The molecule has 62 valence electrons. The molecular weight excluding hydrogens is 140 g/mol. The monoisotopic (exact) mass is 154 g/mol. The maximum absolute atomic E-state index is 11.0. The van der Waals surface area contributed by atoms with Crippen LogP contribution in [0.4, 0.5) is 0 Å². The van der Waals surface area contributed by atoms with Crippen molar-refractivity contribution >= 4 is 5.78 Å². The Bertz CT molecular complexity index is 172. The number of hydrogen-bond donors (Lipinski definition) is 1. The number of Topliss-reactive ketones (excluding diaryl/α,β-unsaturated/α-hetero) is 1. The molecule has 0 fully saturated rings. The van der Waals surface area contributed by atoms with Crippen LogP contribution in [0.1, 0.15) is 26.2 Å². The molecule has 2 unspecified atom stereocenters. The summed E-state index contributed by atoms with van der Waals surface area (Å²) in [5.41, 5.74) is 0. The Kier molecular flexibility index (Phi) is 2.83. The zero-order valence-corrected chi connectivity index (χ0v) is 6.79. The molecule has 1 rings (SSSR count). The van der Waals surface area contributed by atoms with Gasteiger partial charge in [0.05, 0.1) is 6.10 Å². The lowest BCUT2D eigenvalue weighted by Crippen LogP contribution is -2.25. The fourth-order valence-electron chi connectivity index (χ4n) is 1.42. The molecule has 2 atom stereocenters. The smallest absolute Gasteiger partial charge is 0.135 e. The van der Waals surface area contributed by atoms with Crippen molar-refractivity contribution in [3.8, 4) is 0 Å². The van der Waals surface area contributed by atoms with Gasteiger partial charge in [0.25, 0.3) is 0 Å². The topological polar surface area (TPSA) is 37.3 Å². The maximum Gasteiger partial charge on any atom is 0.135 e. The third-order valence-corrected chi connectivity index (χ3v) is 2.17. The summed E-state index contributed by atoms with van der Waals surface area (Å²) in [6, 6.07) is 0. The molecular formula is C9H14O2. The van der Waals surface area contributed by atoms with E-state index in [1.807, 2.05) is 12.2 Å². The summed E-state index contributed by atoms with van der Waals surface area (Å²) >= 11 is 0. The molecule has 0 amide bonds. The van der Waals surface area contributed by atoms with Gasteiger partial charge in [-0.25, -0.2) is 0 Å². The van der Waals surface area contributed by atoms with Crippen LogP contribution in [0, 0.1) is 5.92 Å². The second-order valence-electron chi connectivity index (χ2n) is 3.07. The molecule has 0 saturated heterocycles. The molecule has 0 aliphatic heterocycles. The zero-order chi connectivity index (χ0) is 8.27. The second kappa shape index (κ2) is 3.67. The lowest BCUT2D eigenvalue weighted by molar-refractivity contribution is -0.124. The normalized spacial score (nSPS) is 31.5. The van der Waals surface area contributed by atoms with Gasteiger partial charge in [-0.2, -0.15) is 0 Å². The Balaban J connectivity index is 2.60. The first-order valence-electron chi connectivity index (χ1n) is 4.05. The lowest BCUT2D eigenvalue weighted by Gasteiger charge is -2.15. The SMILES string of the molecule is CC(=O)C1CC=CCCC1O. The number of allylic oxidation sites excluding steroid dienone is 2. The minimum absolute atomic E-state index is 0.101. The third kappa shape index (κ3) is 2.15. The Labute approximate surface area is 66.9 Å². The highest BCUT2D eigenvalue weighted by Crippen LogP contribution is 2.19. The minimum atomic E-state index is -0.428. The van der Waals surface area contributed by atoms with E-state index in [-0.39, 0.29) is 11.7 Å². The molecule has 0 spiro atoms. The summed E-state index contributed by atoms with van der Waals surface area (Å²) in [6.45, 7) is 1.55. The molecule has 0 radical (unpaired) electrons. The summed E-state index contributed by atoms with van der Waals surface area (Å²) < 4.78 is 0. The Morgan fingerprint density at radius 1 is 1.55 bits per heavy atom. The Morgan fingerprint density at radius 3 is 2.91 bits per heavy atom. The predicted octanol–water partition coefficient (Wildman–Crippen LogP) is 1.29. The van der Waals surface area contributed by atoms with E-state index < -0.39 is 6.10 Å². The second-order valence-corrected chi connectivity index (χ2v) is 3.07. The van der Waals surface area contributed by atoms with Crippen molar-refractivity contribution in [2.45, 2.75) is 32.3 Å². The van der Waals surface area contributed by atoms with Crippen molar-refractivity contribution in [3.05, 3.63) is 12.2 Å². The van der Waals surface area contributed by atoms with E-state index in [2.05, 4.69) is 0 Å². The molecule has 0 aromatic heterocycles. The van der Waals surface area contributed by atoms with Gasteiger partial charge in [0.15, 0.2) is 0 Å². The van der Waals surface area contributed by atoms with Gasteiger partial charge in [-0.3, -0.25) is 4.79 Å². The van der Waals surface area contributed by atoms with Crippen LogP contribution in [0.2, 0.25) is 0 Å². The van der Waals surface area contributed by atoms with E-state index in [0.29, 0.717) is 6.42 Å². The van der Waals surface area contributed by atoms with Crippen molar-refractivity contribution in [2.24, 2.45) is 5.92 Å². The van der Waals surface area contributed by atoms with Crippen molar-refractivity contribution in [1.29, 1.82) is 0 Å². The highest BCUT2D eigenvalue weighted by Gasteiger charge is 2.22. The van der Waals surface area contributed by atoms with Gasteiger partial charge in [0, 0.05) is 5.92 Å². The molecule has 0 bridgehead atoms. The molecule has 2 nitrogen and oxygen atoms in total. The van der Waals surface area contributed by atoms with Gasteiger partial charge in [-0.05, 0) is 26.2 Å². The van der Waals surface area contributed by atoms with Gasteiger partial charge in [0.1, 0.15) is 5.78 Å².